The number of carbonyl (C=O) groups is 2. The highest BCUT2D eigenvalue weighted by atomic mass is 16.5. The lowest BCUT2D eigenvalue weighted by Crippen LogP contribution is -2.13. The molecule has 1 amide bonds. The zero-order valence-electron chi connectivity index (χ0n) is 13.8. The summed E-state index contributed by atoms with van der Waals surface area (Å²) in [6, 6.07) is 9.95. The van der Waals surface area contributed by atoms with Gasteiger partial charge in [-0.05, 0) is 36.8 Å². The predicted molar refractivity (Wildman–Crippen MR) is 93.4 cm³/mol. The molecule has 0 spiro atoms. The maximum Gasteiger partial charge on any atom is 0.337 e. The lowest BCUT2D eigenvalue weighted by Gasteiger charge is -2.09. The molecular weight excluding hydrogens is 306 g/mol. The van der Waals surface area contributed by atoms with Crippen LogP contribution in [0.1, 0.15) is 40.5 Å². The van der Waals surface area contributed by atoms with Gasteiger partial charge >= 0.3 is 5.97 Å². The van der Waals surface area contributed by atoms with Gasteiger partial charge in [0.05, 0.1) is 12.7 Å². The van der Waals surface area contributed by atoms with Crippen LogP contribution < -0.4 is 10.6 Å². The van der Waals surface area contributed by atoms with Crippen LogP contribution in [0.2, 0.25) is 0 Å². The Morgan fingerprint density at radius 2 is 2.00 bits per heavy atom. The van der Waals surface area contributed by atoms with Crippen molar-refractivity contribution >= 4 is 23.4 Å². The third kappa shape index (κ3) is 4.81. The molecular formula is C18H21N3O3. The van der Waals surface area contributed by atoms with Gasteiger partial charge in [-0.25, -0.2) is 9.78 Å². The maximum absolute atomic E-state index is 12.4. The fourth-order valence-corrected chi connectivity index (χ4v) is 2.11. The van der Waals surface area contributed by atoms with Gasteiger partial charge in [-0.2, -0.15) is 0 Å². The number of nitrogens with zero attached hydrogens (tertiary/aromatic N) is 1. The number of nitrogens with one attached hydrogen (secondary N) is 2. The minimum absolute atomic E-state index is 0.266. The highest BCUT2D eigenvalue weighted by Crippen LogP contribution is 2.14. The smallest absolute Gasteiger partial charge is 0.337 e. The molecule has 2 aromatic rings. The van der Waals surface area contributed by atoms with E-state index in [0.717, 1.165) is 19.4 Å². The zero-order chi connectivity index (χ0) is 17.4. The Morgan fingerprint density at radius 1 is 1.17 bits per heavy atom. The minimum Gasteiger partial charge on any atom is -0.465 e. The number of benzene rings is 1. The first-order valence-corrected chi connectivity index (χ1v) is 7.83. The van der Waals surface area contributed by atoms with E-state index in [-0.39, 0.29) is 5.91 Å². The normalized spacial score (nSPS) is 10.1. The molecule has 0 saturated heterocycles. The van der Waals surface area contributed by atoms with Crippen LogP contribution in [0.5, 0.6) is 0 Å². The molecule has 6 nitrogen and oxygen atoms in total. The van der Waals surface area contributed by atoms with Gasteiger partial charge in [0.1, 0.15) is 5.82 Å². The van der Waals surface area contributed by atoms with E-state index in [0.29, 0.717) is 22.6 Å². The van der Waals surface area contributed by atoms with Crippen LogP contribution in [0.25, 0.3) is 0 Å². The molecule has 0 saturated carbocycles. The summed E-state index contributed by atoms with van der Waals surface area (Å²) in [4.78, 5) is 28.1. The number of rotatable bonds is 7. The van der Waals surface area contributed by atoms with Gasteiger partial charge in [0.2, 0.25) is 0 Å². The fourth-order valence-electron chi connectivity index (χ4n) is 2.11. The topological polar surface area (TPSA) is 80.3 Å². The first kappa shape index (κ1) is 17.5. The van der Waals surface area contributed by atoms with Gasteiger partial charge in [0, 0.05) is 24.0 Å². The minimum atomic E-state index is -0.447. The van der Waals surface area contributed by atoms with E-state index in [1.54, 1.807) is 42.6 Å². The Morgan fingerprint density at radius 3 is 2.75 bits per heavy atom. The number of anilines is 2. The predicted octanol–water partition coefficient (Wildman–Crippen LogP) is 3.33. The van der Waals surface area contributed by atoms with E-state index in [9.17, 15) is 9.59 Å². The molecule has 1 aromatic carbocycles. The number of amides is 1. The Bertz CT molecular complexity index is 716. The zero-order valence-corrected chi connectivity index (χ0v) is 13.8. The van der Waals surface area contributed by atoms with Crippen molar-refractivity contribution < 1.29 is 14.3 Å². The van der Waals surface area contributed by atoms with Crippen molar-refractivity contribution in [3.8, 4) is 0 Å². The number of methoxy groups -OCH3 is 1. The molecule has 0 fully saturated rings. The van der Waals surface area contributed by atoms with Crippen LogP contribution in [0, 0.1) is 0 Å². The second kappa shape index (κ2) is 8.67. The van der Waals surface area contributed by atoms with Crippen LogP contribution in [0.3, 0.4) is 0 Å². The number of ether oxygens (including phenoxy) is 1. The second-order valence-electron chi connectivity index (χ2n) is 5.24. The van der Waals surface area contributed by atoms with Gasteiger partial charge in [0.25, 0.3) is 5.91 Å². The number of carbonyl (C=O) groups excluding carboxylic acids is 2. The Balaban J connectivity index is 2.07. The van der Waals surface area contributed by atoms with E-state index < -0.39 is 5.97 Å². The maximum atomic E-state index is 12.4. The molecule has 2 N–H and O–H groups in total. The van der Waals surface area contributed by atoms with Crippen molar-refractivity contribution in [2.75, 3.05) is 24.3 Å². The molecule has 0 bridgehead atoms. The highest BCUT2D eigenvalue weighted by molar-refractivity contribution is 6.05. The fraction of sp³-hybridized carbons (Fsp3) is 0.278. The molecule has 6 heteroatoms. The van der Waals surface area contributed by atoms with Crippen molar-refractivity contribution in [3.05, 3.63) is 53.7 Å². The summed E-state index contributed by atoms with van der Waals surface area (Å²) < 4.78 is 4.68. The number of pyridine rings is 1. The first-order chi connectivity index (χ1) is 11.6. The molecule has 2 rings (SSSR count). The highest BCUT2D eigenvalue weighted by Gasteiger charge is 2.10. The van der Waals surface area contributed by atoms with Gasteiger partial charge < -0.3 is 15.4 Å². The molecule has 126 valence electrons. The van der Waals surface area contributed by atoms with Crippen LogP contribution in [0.15, 0.2) is 42.6 Å². The summed E-state index contributed by atoms with van der Waals surface area (Å²) in [5, 5.41) is 5.95. The molecule has 1 aromatic heterocycles. The molecule has 0 aliphatic heterocycles. The van der Waals surface area contributed by atoms with Gasteiger partial charge in [-0.3, -0.25) is 4.79 Å². The summed E-state index contributed by atoms with van der Waals surface area (Å²) in [7, 11) is 1.32. The van der Waals surface area contributed by atoms with Crippen LogP contribution in [-0.2, 0) is 4.74 Å². The Labute approximate surface area is 141 Å². The van der Waals surface area contributed by atoms with Crippen LogP contribution >= 0.6 is 0 Å². The van der Waals surface area contributed by atoms with E-state index in [4.69, 9.17) is 0 Å². The molecule has 0 unspecified atom stereocenters. The monoisotopic (exact) mass is 327 g/mol. The lowest BCUT2D eigenvalue weighted by atomic mass is 10.2. The van der Waals surface area contributed by atoms with Crippen LogP contribution in [-0.4, -0.2) is 30.5 Å². The number of unbranched alkanes of at least 4 members (excludes halogenated alkanes) is 1. The van der Waals surface area contributed by atoms with E-state index in [2.05, 4.69) is 27.3 Å². The van der Waals surface area contributed by atoms with Crippen molar-refractivity contribution in [1.29, 1.82) is 0 Å². The van der Waals surface area contributed by atoms with E-state index in [1.165, 1.54) is 7.11 Å². The summed E-state index contributed by atoms with van der Waals surface area (Å²) >= 11 is 0. The number of hydrogen-bond donors (Lipinski definition) is 2. The summed E-state index contributed by atoms with van der Waals surface area (Å²) in [5.74, 6) is -0.0465. The van der Waals surface area contributed by atoms with Crippen LogP contribution in [0.4, 0.5) is 11.5 Å². The van der Waals surface area contributed by atoms with Gasteiger partial charge in [-0.15, -0.1) is 0 Å². The molecule has 0 aliphatic carbocycles. The average Bonchev–Trinajstić information content (AvgIpc) is 2.61. The molecule has 0 atom stereocenters. The summed E-state index contributed by atoms with van der Waals surface area (Å²) in [6.45, 7) is 2.93. The lowest BCUT2D eigenvalue weighted by molar-refractivity contribution is 0.0600. The Kier molecular flexibility index (Phi) is 6.31. The van der Waals surface area contributed by atoms with Crippen molar-refractivity contribution in [2.24, 2.45) is 0 Å². The molecule has 1 heterocycles. The van der Waals surface area contributed by atoms with E-state index in [1.807, 2.05) is 0 Å². The van der Waals surface area contributed by atoms with Crippen molar-refractivity contribution in [2.45, 2.75) is 19.8 Å². The quantitative estimate of drug-likeness (QED) is 0.602. The molecule has 0 radical (unpaired) electrons. The van der Waals surface area contributed by atoms with Gasteiger partial charge in [-0.1, -0.05) is 19.4 Å². The third-order valence-electron chi connectivity index (χ3n) is 3.40. The average molecular weight is 327 g/mol. The number of aromatic nitrogens is 1. The molecule has 24 heavy (non-hydrogen) atoms. The van der Waals surface area contributed by atoms with Gasteiger partial charge in [0.15, 0.2) is 0 Å². The third-order valence-corrected chi connectivity index (χ3v) is 3.40. The standard InChI is InChI=1S/C18H21N3O3/c1-3-4-9-19-16-12-13(8-10-20-16)17(22)21-15-7-5-6-14(11-15)18(23)24-2/h5-8,10-12H,3-4,9H2,1-2H3,(H,19,20)(H,21,22). The Hall–Kier alpha value is -2.89. The SMILES string of the molecule is CCCCNc1cc(C(=O)Nc2cccc(C(=O)OC)c2)ccn1. The first-order valence-electron chi connectivity index (χ1n) is 7.83. The summed E-state index contributed by atoms with van der Waals surface area (Å²) in [5.41, 5.74) is 1.40. The molecule has 0 aliphatic rings. The number of esters is 1. The van der Waals surface area contributed by atoms with Crippen molar-refractivity contribution in [3.63, 3.8) is 0 Å². The largest absolute Gasteiger partial charge is 0.465 e. The number of hydrogen-bond acceptors (Lipinski definition) is 5. The summed E-state index contributed by atoms with van der Waals surface area (Å²) in [6.07, 6.45) is 3.72. The van der Waals surface area contributed by atoms with Crippen molar-refractivity contribution in [1.82, 2.24) is 4.98 Å². The van der Waals surface area contributed by atoms with E-state index >= 15 is 0 Å². The second-order valence-corrected chi connectivity index (χ2v) is 5.24.